The molecule has 0 saturated carbocycles. The molecule has 1 fully saturated rings. The number of hydrogen-bond acceptors (Lipinski definition) is 3. The van der Waals surface area contributed by atoms with E-state index in [0.29, 0.717) is 23.7 Å². The SMILES string of the molecule is O=C1CCC(=O)N1Cc1ccsc1Cl. The molecule has 74 valence electrons. The molecule has 0 aliphatic carbocycles. The molecule has 0 spiro atoms. The average molecular weight is 230 g/mol. The minimum Gasteiger partial charge on any atom is -0.278 e. The van der Waals surface area contributed by atoms with Gasteiger partial charge >= 0.3 is 0 Å². The summed E-state index contributed by atoms with van der Waals surface area (Å²) in [5.41, 5.74) is 0.847. The molecule has 1 aromatic rings. The van der Waals surface area contributed by atoms with Gasteiger partial charge in [-0.1, -0.05) is 11.6 Å². The minimum atomic E-state index is -0.0998. The molecule has 14 heavy (non-hydrogen) atoms. The Labute approximate surface area is 90.3 Å². The molecule has 2 amide bonds. The molecule has 0 aromatic carbocycles. The molecular weight excluding hydrogens is 222 g/mol. The third-order valence-electron chi connectivity index (χ3n) is 2.18. The number of nitrogens with zero attached hydrogens (tertiary/aromatic N) is 1. The molecule has 0 N–H and O–H groups in total. The predicted molar refractivity (Wildman–Crippen MR) is 54.1 cm³/mol. The van der Waals surface area contributed by atoms with Crippen LogP contribution in [-0.2, 0) is 16.1 Å². The van der Waals surface area contributed by atoms with Crippen LogP contribution in [0.15, 0.2) is 11.4 Å². The van der Waals surface area contributed by atoms with E-state index < -0.39 is 0 Å². The van der Waals surface area contributed by atoms with Crippen LogP contribution in [-0.4, -0.2) is 16.7 Å². The van der Waals surface area contributed by atoms with Crippen molar-refractivity contribution in [3.8, 4) is 0 Å². The van der Waals surface area contributed by atoms with Gasteiger partial charge in [-0.25, -0.2) is 0 Å². The van der Waals surface area contributed by atoms with Crippen molar-refractivity contribution in [3.05, 3.63) is 21.3 Å². The zero-order valence-corrected chi connectivity index (χ0v) is 8.90. The highest BCUT2D eigenvalue weighted by atomic mass is 35.5. The van der Waals surface area contributed by atoms with Crippen LogP contribution in [0.4, 0.5) is 0 Å². The maximum Gasteiger partial charge on any atom is 0.229 e. The van der Waals surface area contributed by atoms with Crippen molar-refractivity contribution in [1.29, 1.82) is 0 Å². The summed E-state index contributed by atoms with van der Waals surface area (Å²) in [7, 11) is 0. The summed E-state index contributed by atoms with van der Waals surface area (Å²) in [6.07, 6.45) is 0.668. The summed E-state index contributed by atoms with van der Waals surface area (Å²) in [4.78, 5) is 23.8. The number of imide groups is 1. The van der Waals surface area contributed by atoms with E-state index in [2.05, 4.69) is 0 Å². The second-order valence-corrected chi connectivity index (χ2v) is 4.61. The van der Waals surface area contributed by atoms with Crippen molar-refractivity contribution in [1.82, 2.24) is 4.90 Å². The third-order valence-corrected chi connectivity index (χ3v) is 3.43. The van der Waals surface area contributed by atoms with E-state index in [1.165, 1.54) is 16.2 Å². The molecule has 0 atom stereocenters. The van der Waals surface area contributed by atoms with Crippen LogP contribution in [0.2, 0.25) is 4.34 Å². The van der Waals surface area contributed by atoms with E-state index in [1.54, 1.807) is 0 Å². The van der Waals surface area contributed by atoms with Crippen molar-refractivity contribution in [3.63, 3.8) is 0 Å². The molecule has 1 saturated heterocycles. The molecule has 1 aliphatic rings. The maximum atomic E-state index is 11.3. The fourth-order valence-electron chi connectivity index (χ4n) is 1.40. The van der Waals surface area contributed by atoms with Crippen molar-refractivity contribution >= 4 is 34.8 Å². The van der Waals surface area contributed by atoms with E-state index in [1.807, 2.05) is 11.4 Å². The van der Waals surface area contributed by atoms with Crippen LogP contribution in [0.5, 0.6) is 0 Å². The molecule has 0 unspecified atom stereocenters. The van der Waals surface area contributed by atoms with Gasteiger partial charge in [-0.2, -0.15) is 0 Å². The van der Waals surface area contributed by atoms with Crippen molar-refractivity contribution < 1.29 is 9.59 Å². The van der Waals surface area contributed by atoms with Crippen LogP contribution >= 0.6 is 22.9 Å². The largest absolute Gasteiger partial charge is 0.278 e. The second-order valence-electron chi connectivity index (χ2n) is 3.09. The summed E-state index contributed by atoms with van der Waals surface area (Å²) in [6, 6.07) is 1.84. The first-order chi connectivity index (χ1) is 6.68. The molecule has 0 bridgehead atoms. The number of halogens is 1. The number of hydrogen-bond donors (Lipinski definition) is 0. The zero-order valence-electron chi connectivity index (χ0n) is 7.33. The Hall–Kier alpha value is -0.870. The molecule has 2 rings (SSSR count). The van der Waals surface area contributed by atoms with E-state index in [-0.39, 0.29) is 11.8 Å². The first-order valence-corrected chi connectivity index (χ1v) is 5.49. The fourth-order valence-corrected chi connectivity index (χ4v) is 2.31. The third kappa shape index (κ3) is 1.67. The van der Waals surface area contributed by atoms with Crippen LogP contribution in [0.25, 0.3) is 0 Å². The summed E-state index contributed by atoms with van der Waals surface area (Å²) in [5, 5.41) is 1.85. The van der Waals surface area contributed by atoms with Crippen LogP contribution < -0.4 is 0 Å². The van der Waals surface area contributed by atoms with Gasteiger partial charge in [-0.15, -0.1) is 11.3 Å². The van der Waals surface area contributed by atoms with Crippen LogP contribution in [0.3, 0.4) is 0 Å². The van der Waals surface area contributed by atoms with Gasteiger partial charge in [0.05, 0.1) is 10.9 Å². The van der Waals surface area contributed by atoms with Crippen molar-refractivity contribution in [2.45, 2.75) is 19.4 Å². The topological polar surface area (TPSA) is 37.4 Å². The number of carbonyl (C=O) groups excluding carboxylic acids is 2. The Bertz CT molecular complexity index is 372. The van der Waals surface area contributed by atoms with Gasteiger partial charge < -0.3 is 0 Å². The fraction of sp³-hybridized carbons (Fsp3) is 0.333. The second kappa shape index (κ2) is 3.71. The van der Waals surface area contributed by atoms with Crippen molar-refractivity contribution in [2.24, 2.45) is 0 Å². The highest BCUT2D eigenvalue weighted by Crippen LogP contribution is 2.25. The molecule has 5 heteroatoms. The van der Waals surface area contributed by atoms with Crippen molar-refractivity contribution in [2.75, 3.05) is 0 Å². The van der Waals surface area contributed by atoms with E-state index >= 15 is 0 Å². The Morgan fingerprint density at radius 2 is 2.00 bits per heavy atom. The Morgan fingerprint density at radius 3 is 2.50 bits per heavy atom. The number of rotatable bonds is 2. The monoisotopic (exact) mass is 229 g/mol. The summed E-state index contributed by atoms with van der Waals surface area (Å²) in [6.45, 7) is 0.319. The zero-order chi connectivity index (χ0) is 10.1. The predicted octanol–water partition coefficient (Wildman–Crippen LogP) is 2.05. The summed E-state index contributed by atoms with van der Waals surface area (Å²) >= 11 is 7.29. The van der Waals surface area contributed by atoms with E-state index in [4.69, 9.17) is 11.6 Å². The van der Waals surface area contributed by atoms with Crippen LogP contribution in [0.1, 0.15) is 18.4 Å². The lowest BCUT2D eigenvalue weighted by Crippen LogP contribution is -2.28. The molecule has 0 radical (unpaired) electrons. The normalized spacial score (nSPS) is 16.8. The van der Waals surface area contributed by atoms with Gasteiger partial charge in [-0.05, 0) is 11.4 Å². The van der Waals surface area contributed by atoms with Crippen LogP contribution in [0, 0.1) is 0 Å². The molecule has 1 aromatic heterocycles. The highest BCUT2D eigenvalue weighted by Gasteiger charge is 2.29. The Kier molecular flexibility index (Phi) is 2.56. The molecule has 2 heterocycles. The number of amides is 2. The maximum absolute atomic E-state index is 11.3. The van der Waals surface area contributed by atoms with Gasteiger partial charge in [0.25, 0.3) is 0 Å². The van der Waals surface area contributed by atoms with Gasteiger partial charge in [0.15, 0.2) is 0 Å². The van der Waals surface area contributed by atoms with Gasteiger partial charge in [0, 0.05) is 18.4 Å². The Morgan fingerprint density at radius 1 is 1.36 bits per heavy atom. The first kappa shape index (κ1) is 9.68. The molecular formula is C9H8ClNO2S. The molecule has 1 aliphatic heterocycles. The quantitative estimate of drug-likeness (QED) is 0.728. The Balaban J connectivity index is 2.15. The minimum absolute atomic E-state index is 0.0998. The lowest BCUT2D eigenvalue weighted by molar-refractivity contribution is -0.139. The van der Waals surface area contributed by atoms with E-state index in [9.17, 15) is 9.59 Å². The summed E-state index contributed by atoms with van der Waals surface area (Å²) in [5.74, 6) is -0.200. The lowest BCUT2D eigenvalue weighted by Gasteiger charge is -2.12. The average Bonchev–Trinajstić information content (AvgIpc) is 2.67. The summed E-state index contributed by atoms with van der Waals surface area (Å²) < 4.78 is 0.650. The highest BCUT2D eigenvalue weighted by molar-refractivity contribution is 7.14. The van der Waals surface area contributed by atoms with Gasteiger partial charge in [0.2, 0.25) is 11.8 Å². The molecule has 3 nitrogen and oxygen atoms in total. The number of likely N-dealkylation sites (tertiary alicyclic amines) is 1. The van der Waals surface area contributed by atoms with Gasteiger partial charge in [-0.3, -0.25) is 14.5 Å². The first-order valence-electron chi connectivity index (χ1n) is 4.23. The van der Waals surface area contributed by atoms with E-state index in [0.717, 1.165) is 5.56 Å². The smallest absolute Gasteiger partial charge is 0.229 e. The van der Waals surface area contributed by atoms with Gasteiger partial charge in [0.1, 0.15) is 0 Å². The number of carbonyl (C=O) groups is 2. The number of thiophene rings is 1. The standard InChI is InChI=1S/C9H8ClNO2S/c10-9-6(3-4-14-9)5-11-7(12)1-2-8(11)13/h3-4H,1-2,5H2. The lowest BCUT2D eigenvalue weighted by atomic mass is 10.3.